The zero-order valence-electron chi connectivity index (χ0n) is 9.36. The number of hydrogen-bond acceptors (Lipinski definition) is 1. The van der Waals surface area contributed by atoms with Gasteiger partial charge in [-0.1, -0.05) is 45.4 Å². The van der Waals surface area contributed by atoms with Gasteiger partial charge in [-0.25, -0.2) is 4.39 Å². The van der Waals surface area contributed by atoms with Crippen molar-refractivity contribution >= 4 is 24.2 Å². The van der Waals surface area contributed by atoms with Gasteiger partial charge in [0.1, 0.15) is 0 Å². The lowest BCUT2D eigenvalue weighted by molar-refractivity contribution is 0.600. The van der Waals surface area contributed by atoms with Gasteiger partial charge in [-0.05, 0) is 18.6 Å². The predicted molar refractivity (Wildman–Crippen MR) is 66.1 cm³/mol. The van der Waals surface area contributed by atoms with Crippen LogP contribution in [-0.2, 0) is 0 Å². The SMILES string of the molecule is CC.CC.Cc1ccc(Cl)c(F)c1S. The quantitative estimate of drug-likeness (QED) is 0.594. The van der Waals surface area contributed by atoms with Gasteiger partial charge in [0.05, 0.1) is 5.02 Å². The van der Waals surface area contributed by atoms with Crippen LogP contribution in [0.3, 0.4) is 0 Å². The Balaban J connectivity index is 0. The summed E-state index contributed by atoms with van der Waals surface area (Å²) in [7, 11) is 0. The van der Waals surface area contributed by atoms with Crippen molar-refractivity contribution in [1.29, 1.82) is 0 Å². The second-order valence-electron chi connectivity index (χ2n) is 2.03. The number of hydrogen-bond donors (Lipinski definition) is 1. The number of aryl methyl sites for hydroxylation is 1. The second kappa shape index (κ2) is 9.35. The van der Waals surface area contributed by atoms with Gasteiger partial charge in [0.15, 0.2) is 5.82 Å². The van der Waals surface area contributed by atoms with Crippen molar-refractivity contribution in [3.05, 3.63) is 28.5 Å². The van der Waals surface area contributed by atoms with Gasteiger partial charge in [-0.15, -0.1) is 12.6 Å². The molecule has 14 heavy (non-hydrogen) atoms. The van der Waals surface area contributed by atoms with Crippen molar-refractivity contribution in [2.75, 3.05) is 0 Å². The summed E-state index contributed by atoms with van der Waals surface area (Å²) in [6.07, 6.45) is 0. The fraction of sp³-hybridized carbons (Fsp3) is 0.455. The first-order valence-electron chi connectivity index (χ1n) is 4.76. The van der Waals surface area contributed by atoms with E-state index in [4.69, 9.17) is 11.6 Å². The molecule has 3 heteroatoms. The molecule has 1 rings (SSSR count). The van der Waals surface area contributed by atoms with Crippen LogP contribution in [0.4, 0.5) is 4.39 Å². The molecule has 0 aliphatic heterocycles. The Morgan fingerprint density at radius 3 is 1.93 bits per heavy atom. The summed E-state index contributed by atoms with van der Waals surface area (Å²) in [5, 5.41) is 0.121. The third-order valence-corrected chi connectivity index (χ3v) is 2.11. The monoisotopic (exact) mass is 236 g/mol. The third-order valence-electron chi connectivity index (χ3n) is 1.27. The first kappa shape index (κ1) is 16.2. The highest BCUT2D eigenvalue weighted by Gasteiger charge is 2.04. The summed E-state index contributed by atoms with van der Waals surface area (Å²) in [4.78, 5) is 0.326. The fourth-order valence-electron chi connectivity index (χ4n) is 0.636. The first-order chi connectivity index (χ1) is 6.63. The van der Waals surface area contributed by atoms with Gasteiger partial charge < -0.3 is 0 Å². The lowest BCUT2D eigenvalue weighted by Crippen LogP contribution is -1.83. The molecule has 0 amide bonds. The molecule has 0 N–H and O–H groups in total. The maximum atomic E-state index is 12.8. The minimum Gasteiger partial charge on any atom is -0.204 e. The highest BCUT2D eigenvalue weighted by Crippen LogP contribution is 2.23. The van der Waals surface area contributed by atoms with E-state index in [2.05, 4.69) is 12.6 Å². The molecule has 0 bridgehead atoms. The lowest BCUT2D eigenvalue weighted by Gasteiger charge is -2.00. The summed E-state index contributed by atoms with van der Waals surface area (Å²) < 4.78 is 12.8. The Labute approximate surface area is 96.9 Å². The van der Waals surface area contributed by atoms with Crippen LogP contribution in [-0.4, -0.2) is 0 Å². The van der Waals surface area contributed by atoms with E-state index in [-0.39, 0.29) is 5.02 Å². The average Bonchev–Trinajstić information content (AvgIpc) is 2.26. The maximum Gasteiger partial charge on any atom is 0.155 e. The predicted octanol–water partition coefficient (Wildman–Crippen LogP) is 5.13. The smallest absolute Gasteiger partial charge is 0.155 e. The minimum absolute atomic E-state index is 0.121. The molecule has 0 saturated carbocycles. The molecule has 0 nitrogen and oxygen atoms in total. The minimum atomic E-state index is -0.440. The zero-order chi connectivity index (χ0) is 11.7. The topological polar surface area (TPSA) is 0 Å². The van der Waals surface area contributed by atoms with E-state index in [0.717, 1.165) is 5.56 Å². The van der Waals surface area contributed by atoms with Crippen LogP contribution in [0, 0.1) is 12.7 Å². The summed E-state index contributed by atoms with van der Waals surface area (Å²) in [6.45, 7) is 9.78. The van der Waals surface area contributed by atoms with E-state index in [1.54, 1.807) is 13.0 Å². The maximum absolute atomic E-state index is 12.8. The molecule has 1 aromatic carbocycles. The highest BCUT2D eigenvalue weighted by atomic mass is 35.5. The van der Waals surface area contributed by atoms with Crippen LogP contribution in [0.1, 0.15) is 33.3 Å². The van der Waals surface area contributed by atoms with Crippen molar-refractivity contribution in [2.24, 2.45) is 0 Å². The largest absolute Gasteiger partial charge is 0.204 e. The molecule has 1 aromatic rings. The van der Waals surface area contributed by atoms with Crippen LogP contribution in [0.15, 0.2) is 17.0 Å². The standard InChI is InChI=1S/C7H6ClFS.2C2H6/c1-4-2-3-5(8)6(9)7(4)10;2*1-2/h2-3,10H,1H3;2*1-2H3. The van der Waals surface area contributed by atoms with Gasteiger partial charge in [0, 0.05) is 4.90 Å². The molecular formula is C11H18ClFS. The van der Waals surface area contributed by atoms with E-state index in [1.807, 2.05) is 27.7 Å². The number of rotatable bonds is 0. The van der Waals surface area contributed by atoms with E-state index in [1.165, 1.54) is 6.07 Å². The molecule has 0 fully saturated rings. The molecule has 0 aromatic heterocycles. The van der Waals surface area contributed by atoms with Gasteiger partial charge >= 0.3 is 0 Å². The Kier molecular flexibility index (Phi) is 10.8. The van der Waals surface area contributed by atoms with Crippen LogP contribution in [0.25, 0.3) is 0 Å². The van der Waals surface area contributed by atoms with Gasteiger partial charge in [-0.2, -0.15) is 0 Å². The summed E-state index contributed by atoms with van der Waals surface area (Å²) in [6, 6.07) is 3.25. The van der Waals surface area contributed by atoms with Crippen LogP contribution in [0.5, 0.6) is 0 Å². The van der Waals surface area contributed by atoms with Gasteiger partial charge in [0.2, 0.25) is 0 Å². The molecule has 82 valence electrons. The van der Waals surface area contributed by atoms with E-state index >= 15 is 0 Å². The van der Waals surface area contributed by atoms with Gasteiger partial charge in [-0.3, -0.25) is 0 Å². The highest BCUT2D eigenvalue weighted by molar-refractivity contribution is 7.80. The fourth-order valence-corrected chi connectivity index (χ4v) is 1.05. The van der Waals surface area contributed by atoms with E-state index in [0.29, 0.717) is 4.90 Å². The molecule has 0 atom stereocenters. The Morgan fingerprint density at radius 1 is 1.14 bits per heavy atom. The Hall–Kier alpha value is -0.210. The molecule has 0 spiro atoms. The summed E-state index contributed by atoms with van der Waals surface area (Å²) >= 11 is 9.38. The van der Waals surface area contributed by atoms with Crippen molar-refractivity contribution in [2.45, 2.75) is 39.5 Å². The second-order valence-corrected chi connectivity index (χ2v) is 2.88. The van der Waals surface area contributed by atoms with Crippen LogP contribution < -0.4 is 0 Å². The van der Waals surface area contributed by atoms with Gasteiger partial charge in [0.25, 0.3) is 0 Å². The van der Waals surface area contributed by atoms with E-state index in [9.17, 15) is 4.39 Å². The van der Waals surface area contributed by atoms with Crippen molar-refractivity contribution < 1.29 is 4.39 Å². The summed E-state index contributed by atoms with van der Waals surface area (Å²) in [5.41, 5.74) is 0.797. The van der Waals surface area contributed by atoms with Crippen LogP contribution >= 0.6 is 24.2 Å². The molecule has 0 aliphatic carbocycles. The third kappa shape index (κ3) is 4.87. The number of halogens is 2. The Morgan fingerprint density at radius 2 is 1.57 bits per heavy atom. The van der Waals surface area contributed by atoms with Crippen molar-refractivity contribution in [3.8, 4) is 0 Å². The average molecular weight is 237 g/mol. The molecular weight excluding hydrogens is 219 g/mol. The molecule has 0 heterocycles. The van der Waals surface area contributed by atoms with Crippen molar-refractivity contribution in [3.63, 3.8) is 0 Å². The molecule has 0 saturated heterocycles. The normalized spacial score (nSPS) is 8.00. The Bertz CT molecular complexity index is 235. The molecule has 0 aliphatic rings. The molecule has 0 radical (unpaired) electrons. The zero-order valence-corrected chi connectivity index (χ0v) is 11.0. The number of thiol groups is 1. The number of benzene rings is 1. The van der Waals surface area contributed by atoms with Crippen LogP contribution in [0.2, 0.25) is 5.02 Å². The first-order valence-corrected chi connectivity index (χ1v) is 5.59. The lowest BCUT2D eigenvalue weighted by atomic mass is 10.2. The summed E-state index contributed by atoms with van der Waals surface area (Å²) in [5.74, 6) is -0.440. The molecule has 0 unspecified atom stereocenters. The van der Waals surface area contributed by atoms with Crippen molar-refractivity contribution in [1.82, 2.24) is 0 Å². The van der Waals surface area contributed by atoms with E-state index < -0.39 is 5.82 Å².